The van der Waals surface area contributed by atoms with Gasteiger partial charge in [-0.2, -0.15) is 0 Å². The zero-order valence-electron chi connectivity index (χ0n) is 17.5. The summed E-state index contributed by atoms with van der Waals surface area (Å²) in [5, 5.41) is 2.88. The van der Waals surface area contributed by atoms with Crippen LogP contribution >= 0.6 is 0 Å². The van der Waals surface area contributed by atoms with Crippen LogP contribution in [-0.4, -0.2) is 43.2 Å². The maximum absolute atomic E-state index is 13.3. The Hall–Kier alpha value is -3.58. The molecular weight excluding hydrogens is 406 g/mol. The first kappa shape index (κ1) is 19.1. The van der Waals surface area contributed by atoms with E-state index >= 15 is 0 Å². The summed E-state index contributed by atoms with van der Waals surface area (Å²) in [6.45, 7) is 2.09. The first-order valence-electron chi connectivity index (χ1n) is 10.9. The molecule has 7 nitrogen and oxygen atoms in total. The molecule has 162 valence electrons. The third-order valence-electron chi connectivity index (χ3n) is 6.81. The van der Waals surface area contributed by atoms with Crippen molar-refractivity contribution in [2.45, 2.75) is 18.3 Å². The number of carbonyl (C=O) groups excluding carboxylic acids is 2. The molecule has 0 aliphatic carbocycles. The maximum Gasteiger partial charge on any atom is 0.262 e. The number of amides is 2. The van der Waals surface area contributed by atoms with Gasteiger partial charge in [0.15, 0.2) is 6.61 Å². The number of benzene rings is 2. The Balaban J connectivity index is 1.42. The van der Waals surface area contributed by atoms with Crippen LogP contribution in [0.25, 0.3) is 11.1 Å². The second-order valence-electron chi connectivity index (χ2n) is 8.66. The Morgan fingerprint density at radius 3 is 2.66 bits per heavy atom. The molecule has 2 aromatic carbocycles. The quantitative estimate of drug-likeness (QED) is 0.650. The molecule has 32 heavy (non-hydrogen) atoms. The fourth-order valence-electron chi connectivity index (χ4n) is 5.09. The summed E-state index contributed by atoms with van der Waals surface area (Å²) < 4.78 is 11.2. The van der Waals surface area contributed by atoms with Crippen molar-refractivity contribution in [3.8, 4) is 16.9 Å². The number of rotatable bonds is 2. The van der Waals surface area contributed by atoms with Crippen LogP contribution in [0.3, 0.4) is 0 Å². The molecule has 0 saturated carbocycles. The van der Waals surface area contributed by atoms with Crippen molar-refractivity contribution in [1.82, 2.24) is 4.98 Å². The fourth-order valence-corrected chi connectivity index (χ4v) is 5.09. The normalized spacial score (nSPS) is 18.6. The van der Waals surface area contributed by atoms with Crippen LogP contribution in [0.5, 0.6) is 5.75 Å². The molecular formula is C25H23N3O4. The predicted molar refractivity (Wildman–Crippen MR) is 120 cm³/mol. The van der Waals surface area contributed by atoms with Crippen molar-refractivity contribution in [2.24, 2.45) is 0 Å². The smallest absolute Gasteiger partial charge is 0.262 e. The average Bonchev–Trinajstić information content (AvgIpc) is 3.46. The van der Waals surface area contributed by atoms with E-state index in [1.807, 2.05) is 41.3 Å². The van der Waals surface area contributed by atoms with E-state index in [1.165, 1.54) is 5.56 Å². The molecule has 0 radical (unpaired) electrons. The summed E-state index contributed by atoms with van der Waals surface area (Å²) in [4.78, 5) is 29.9. The Morgan fingerprint density at radius 2 is 1.84 bits per heavy atom. The van der Waals surface area contributed by atoms with Crippen molar-refractivity contribution in [3.63, 3.8) is 0 Å². The number of ether oxygens (including phenoxy) is 2. The average molecular weight is 429 g/mol. The van der Waals surface area contributed by atoms with Gasteiger partial charge in [0.05, 0.1) is 11.3 Å². The van der Waals surface area contributed by atoms with E-state index in [4.69, 9.17) is 9.47 Å². The molecule has 1 spiro atoms. The molecule has 0 bridgehead atoms. The molecule has 7 heteroatoms. The van der Waals surface area contributed by atoms with E-state index < -0.39 is 0 Å². The number of nitrogens with one attached hydrogen (secondary N) is 2. The van der Waals surface area contributed by atoms with Crippen LogP contribution in [0.4, 0.5) is 11.4 Å². The monoisotopic (exact) mass is 429 g/mol. The molecule has 1 saturated heterocycles. The summed E-state index contributed by atoms with van der Waals surface area (Å²) in [6.07, 6.45) is 5.29. The van der Waals surface area contributed by atoms with E-state index in [0.29, 0.717) is 36.8 Å². The lowest BCUT2D eigenvalue weighted by atomic mass is 9.75. The van der Waals surface area contributed by atoms with Gasteiger partial charge in [-0.1, -0.05) is 12.1 Å². The predicted octanol–water partition coefficient (Wildman–Crippen LogP) is 3.72. The molecule has 4 heterocycles. The van der Waals surface area contributed by atoms with Gasteiger partial charge in [0.25, 0.3) is 11.8 Å². The Morgan fingerprint density at radius 1 is 1.03 bits per heavy atom. The van der Waals surface area contributed by atoms with E-state index in [1.54, 1.807) is 12.4 Å². The Labute approximate surface area is 185 Å². The topological polar surface area (TPSA) is 83.7 Å². The first-order valence-corrected chi connectivity index (χ1v) is 10.9. The van der Waals surface area contributed by atoms with Crippen molar-refractivity contribution in [2.75, 3.05) is 36.6 Å². The van der Waals surface area contributed by atoms with Gasteiger partial charge in [0, 0.05) is 43.3 Å². The lowest BCUT2D eigenvalue weighted by Gasteiger charge is -2.34. The van der Waals surface area contributed by atoms with E-state index in [2.05, 4.69) is 16.4 Å². The van der Waals surface area contributed by atoms with Gasteiger partial charge < -0.3 is 24.7 Å². The highest BCUT2D eigenvalue weighted by atomic mass is 16.5. The molecule has 3 aliphatic heterocycles. The highest BCUT2D eigenvalue weighted by Crippen LogP contribution is 2.48. The zero-order chi connectivity index (χ0) is 21.7. The second-order valence-corrected chi connectivity index (χ2v) is 8.66. The van der Waals surface area contributed by atoms with E-state index in [-0.39, 0.29) is 23.8 Å². The van der Waals surface area contributed by atoms with E-state index in [9.17, 15) is 9.59 Å². The van der Waals surface area contributed by atoms with Crippen molar-refractivity contribution in [1.29, 1.82) is 0 Å². The highest BCUT2D eigenvalue weighted by molar-refractivity contribution is 6.08. The minimum atomic E-state index is -0.149. The van der Waals surface area contributed by atoms with Crippen LogP contribution in [0.15, 0.2) is 54.9 Å². The van der Waals surface area contributed by atoms with Crippen LogP contribution in [0, 0.1) is 0 Å². The van der Waals surface area contributed by atoms with Gasteiger partial charge >= 0.3 is 0 Å². The molecule has 2 N–H and O–H groups in total. The van der Waals surface area contributed by atoms with Crippen molar-refractivity contribution in [3.05, 3.63) is 66.0 Å². The van der Waals surface area contributed by atoms with Gasteiger partial charge in [-0.25, -0.2) is 0 Å². The van der Waals surface area contributed by atoms with Gasteiger partial charge in [0.2, 0.25) is 0 Å². The van der Waals surface area contributed by atoms with Crippen LogP contribution in [0.1, 0.15) is 28.8 Å². The third kappa shape index (κ3) is 3.00. The molecule has 1 fully saturated rings. The summed E-state index contributed by atoms with van der Waals surface area (Å²) in [7, 11) is 0. The molecule has 2 amide bonds. The van der Waals surface area contributed by atoms with Crippen LogP contribution in [-0.2, 0) is 14.9 Å². The summed E-state index contributed by atoms with van der Waals surface area (Å²) in [5.41, 5.74) is 5.44. The molecule has 6 rings (SSSR count). The number of aromatic amines is 1. The highest BCUT2D eigenvalue weighted by Gasteiger charge is 2.45. The van der Waals surface area contributed by atoms with Gasteiger partial charge in [0.1, 0.15) is 5.75 Å². The fraction of sp³-hybridized carbons (Fsp3) is 0.280. The van der Waals surface area contributed by atoms with Gasteiger partial charge in [-0.05, 0) is 59.9 Å². The molecule has 0 unspecified atom stereocenters. The number of nitrogens with zero attached hydrogens (tertiary/aromatic N) is 1. The second kappa shape index (κ2) is 7.24. The Bertz CT molecular complexity index is 1210. The number of carbonyl (C=O) groups is 2. The zero-order valence-corrected chi connectivity index (χ0v) is 17.5. The molecule has 3 aromatic rings. The van der Waals surface area contributed by atoms with Crippen molar-refractivity contribution >= 4 is 23.2 Å². The number of anilines is 2. The summed E-state index contributed by atoms with van der Waals surface area (Å²) >= 11 is 0. The van der Waals surface area contributed by atoms with Crippen molar-refractivity contribution < 1.29 is 19.1 Å². The van der Waals surface area contributed by atoms with E-state index in [0.717, 1.165) is 29.7 Å². The number of aromatic nitrogens is 1. The minimum Gasteiger partial charge on any atom is -0.482 e. The standard InChI is InChI=1S/C25H23N3O4/c29-23-14-32-22-4-2-17(12-20(22)27-23)16-1-3-21-19(11-16)25(6-9-31-10-7-25)15-28(21)24(30)18-5-8-26-13-18/h1-5,8,11-13,26H,6-7,9-10,14-15H2,(H,27,29). The van der Waals surface area contributed by atoms with Crippen LogP contribution in [0.2, 0.25) is 0 Å². The Kier molecular flexibility index (Phi) is 4.33. The summed E-state index contributed by atoms with van der Waals surface area (Å²) in [5.74, 6) is 0.541. The summed E-state index contributed by atoms with van der Waals surface area (Å²) in [6, 6.07) is 14.0. The third-order valence-corrected chi connectivity index (χ3v) is 6.81. The first-order chi connectivity index (χ1) is 15.6. The van der Waals surface area contributed by atoms with Gasteiger partial charge in [-0.3, -0.25) is 9.59 Å². The maximum atomic E-state index is 13.3. The number of fused-ring (bicyclic) bond motifs is 3. The van der Waals surface area contributed by atoms with Crippen LogP contribution < -0.4 is 15.0 Å². The lowest BCUT2D eigenvalue weighted by molar-refractivity contribution is -0.118. The SMILES string of the molecule is O=C1COc2ccc(-c3ccc4c(c3)C3(CCOCC3)CN4C(=O)c3cc[nH]c3)cc2N1. The number of hydrogen-bond donors (Lipinski definition) is 2. The number of hydrogen-bond acceptors (Lipinski definition) is 4. The molecule has 3 aliphatic rings. The molecule has 1 aromatic heterocycles. The lowest BCUT2D eigenvalue weighted by Crippen LogP contribution is -2.40. The number of H-pyrrole nitrogens is 1. The van der Waals surface area contributed by atoms with Gasteiger partial charge in [-0.15, -0.1) is 0 Å². The minimum absolute atomic E-state index is 0.0114. The molecule has 0 atom stereocenters. The largest absolute Gasteiger partial charge is 0.482 e.